The Balaban J connectivity index is 1.45. The summed E-state index contributed by atoms with van der Waals surface area (Å²) >= 11 is 0. The normalized spacial score (nSPS) is 34.2. The summed E-state index contributed by atoms with van der Waals surface area (Å²) in [5, 5.41) is 0. The van der Waals surface area contributed by atoms with Crippen molar-refractivity contribution >= 4 is 5.97 Å². The van der Waals surface area contributed by atoms with Gasteiger partial charge in [0.05, 0.1) is 5.56 Å². The fraction of sp³-hybridized carbons (Fsp3) is 0.316. The van der Waals surface area contributed by atoms with E-state index in [1.165, 1.54) is 17.5 Å². The Morgan fingerprint density at radius 1 is 0.952 bits per heavy atom. The van der Waals surface area contributed by atoms with Crippen molar-refractivity contribution in [2.75, 3.05) is 0 Å². The standard InChI is InChI=1S/C19H16O2/c20-19(11-6-2-1-3-7-11)21-18-14-10-15-16(17(15)18)13-9-5-4-8-12(13)14/h1-9,14-18H,10H2/t14-,15?,16-,17+,18-/m0/s1. The molecule has 2 nitrogen and oxygen atoms in total. The molecule has 2 saturated carbocycles. The van der Waals surface area contributed by atoms with Crippen molar-refractivity contribution in [2.45, 2.75) is 24.4 Å². The molecule has 0 radical (unpaired) electrons. The second-order valence-electron chi connectivity index (χ2n) is 6.47. The Morgan fingerprint density at radius 2 is 1.67 bits per heavy atom. The molecule has 0 aromatic heterocycles. The molecule has 0 N–H and O–H groups in total. The predicted molar refractivity (Wildman–Crippen MR) is 79.2 cm³/mol. The van der Waals surface area contributed by atoms with Crippen molar-refractivity contribution in [1.29, 1.82) is 0 Å². The third-order valence-corrected chi connectivity index (χ3v) is 5.54. The van der Waals surface area contributed by atoms with Crippen molar-refractivity contribution < 1.29 is 9.53 Å². The molecule has 2 bridgehead atoms. The SMILES string of the molecule is O=C(O[C@@H]1[C@@H]2C3C[C@H]1c1ccccc1[C@@H]32)c1ccccc1. The molecule has 3 aliphatic carbocycles. The minimum Gasteiger partial charge on any atom is -0.458 e. The van der Waals surface area contributed by atoms with Gasteiger partial charge in [0.1, 0.15) is 6.10 Å². The third kappa shape index (κ3) is 1.50. The molecule has 5 atom stereocenters. The van der Waals surface area contributed by atoms with E-state index in [4.69, 9.17) is 4.74 Å². The molecule has 0 heterocycles. The van der Waals surface area contributed by atoms with Crippen LogP contribution in [0, 0.1) is 11.8 Å². The molecule has 0 spiro atoms. The predicted octanol–water partition coefficient (Wildman–Crippen LogP) is 3.74. The smallest absolute Gasteiger partial charge is 0.338 e. The lowest BCUT2D eigenvalue weighted by atomic mass is 9.78. The Bertz CT molecular complexity index is 721. The largest absolute Gasteiger partial charge is 0.458 e. The van der Waals surface area contributed by atoms with Gasteiger partial charge in [0.15, 0.2) is 0 Å². The summed E-state index contributed by atoms with van der Waals surface area (Å²) in [6.07, 6.45) is 1.28. The monoisotopic (exact) mass is 276 g/mol. The van der Waals surface area contributed by atoms with Gasteiger partial charge in [-0.15, -0.1) is 0 Å². The number of benzene rings is 2. The van der Waals surface area contributed by atoms with Gasteiger partial charge in [-0.1, -0.05) is 42.5 Å². The van der Waals surface area contributed by atoms with E-state index in [-0.39, 0.29) is 12.1 Å². The summed E-state index contributed by atoms with van der Waals surface area (Å²) < 4.78 is 5.90. The Hall–Kier alpha value is -2.09. The zero-order valence-corrected chi connectivity index (χ0v) is 11.6. The quantitative estimate of drug-likeness (QED) is 0.781. The van der Waals surface area contributed by atoms with E-state index in [1.54, 1.807) is 0 Å². The minimum atomic E-state index is -0.170. The summed E-state index contributed by atoms with van der Waals surface area (Å²) in [6, 6.07) is 18.0. The van der Waals surface area contributed by atoms with Crippen LogP contribution in [0.4, 0.5) is 0 Å². The lowest BCUT2D eigenvalue weighted by Crippen LogP contribution is -2.29. The number of esters is 1. The molecule has 3 aliphatic rings. The van der Waals surface area contributed by atoms with E-state index in [2.05, 4.69) is 24.3 Å². The summed E-state index contributed by atoms with van der Waals surface area (Å²) in [5.74, 6) is 2.20. The zero-order valence-electron chi connectivity index (χ0n) is 11.6. The molecular formula is C19H16O2. The molecule has 5 rings (SSSR count). The number of hydrogen-bond donors (Lipinski definition) is 0. The van der Waals surface area contributed by atoms with Gasteiger partial charge >= 0.3 is 5.97 Å². The van der Waals surface area contributed by atoms with E-state index < -0.39 is 0 Å². The van der Waals surface area contributed by atoms with Gasteiger partial charge in [-0.2, -0.15) is 0 Å². The highest BCUT2D eigenvalue weighted by atomic mass is 16.5. The third-order valence-electron chi connectivity index (χ3n) is 5.54. The molecule has 1 unspecified atom stereocenters. The number of ether oxygens (including phenoxy) is 1. The lowest BCUT2D eigenvalue weighted by Gasteiger charge is -2.32. The summed E-state index contributed by atoms with van der Waals surface area (Å²) in [4.78, 5) is 12.3. The molecule has 0 saturated heterocycles. The second kappa shape index (κ2) is 3.97. The second-order valence-corrected chi connectivity index (χ2v) is 6.47. The van der Waals surface area contributed by atoms with Crippen LogP contribution in [0.25, 0.3) is 0 Å². The topological polar surface area (TPSA) is 26.3 Å². The first kappa shape index (κ1) is 11.6. The highest BCUT2D eigenvalue weighted by Crippen LogP contribution is 2.72. The van der Waals surface area contributed by atoms with Crippen molar-refractivity contribution in [3.8, 4) is 0 Å². The maximum absolute atomic E-state index is 12.3. The molecule has 21 heavy (non-hydrogen) atoms. The van der Waals surface area contributed by atoms with Crippen LogP contribution in [-0.2, 0) is 4.74 Å². The van der Waals surface area contributed by atoms with Crippen LogP contribution in [0.2, 0.25) is 0 Å². The van der Waals surface area contributed by atoms with Gasteiger partial charge in [0.2, 0.25) is 0 Å². The summed E-state index contributed by atoms with van der Waals surface area (Å²) in [6.45, 7) is 0. The lowest BCUT2D eigenvalue weighted by molar-refractivity contribution is 0.0196. The first-order valence-electron chi connectivity index (χ1n) is 7.69. The molecule has 0 aliphatic heterocycles. The van der Waals surface area contributed by atoms with E-state index in [0.29, 0.717) is 23.3 Å². The van der Waals surface area contributed by atoms with E-state index in [0.717, 1.165) is 5.92 Å². The number of rotatable bonds is 2. The molecule has 2 heteroatoms. The van der Waals surface area contributed by atoms with Crippen LogP contribution in [0.3, 0.4) is 0 Å². The summed E-state index contributed by atoms with van der Waals surface area (Å²) in [5.41, 5.74) is 3.58. The highest BCUT2D eigenvalue weighted by Gasteiger charge is 2.68. The van der Waals surface area contributed by atoms with Crippen molar-refractivity contribution in [3.05, 3.63) is 71.3 Å². The average Bonchev–Trinajstić information content (AvgIpc) is 3.19. The number of carbonyl (C=O) groups is 1. The Kier molecular flexibility index (Phi) is 2.19. The van der Waals surface area contributed by atoms with Crippen molar-refractivity contribution in [2.24, 2.45) is 11.8 Å². The van der Waals surface area contributed by atoms with Gasteiger partial charge in [-0.3, -0.25) is 0 Å². The van der Waals surface area contributed by atoms with Crippen LogP contribution < -0.4 is 0 Å². The van der Waals surface area contributed by atoms with Crippen LogP contribution in [0.5, 0.6) is 0 Å². The Labute approximate surface area is 123 Å². The number of carbonyl (C=O) groups excluding carboxylic acids is 1. The molecule has 0 amide bonds. The Morgan fingerprint density at radius 3 is 2.48 bits per heavy atom. The maximum Gasteiger partial charge on any atom is 0.338 e. The van der Waals surface area contributed by atoms with Crippen molar-refractivity contribution in [3.63, 3.8) is 0 Å². The molecule has 104 valence electrons. The molecule has 2 fully saturated rings. The first-order chi connectivity index (χ1) is 10.3. The minimum absolute atomic E-state index is 0.0857. The molecular weight excluding hydrogens is 260 g/mol. The highest BCUT2D eigenvalue weighted by molar-refractivity contribution is 5.89. The molecule has 2 aromatic rings. The van der Waals surface area contributed by atoms with Gasteiger partial charge in [-0.05, 0) is 41.5 Å². The van der Waals surface area contributed by atoms with E-state index >= 15 is 0 Å². The zero-order chi connectivity index (χ0) is 14.0. The molecule has 2 aromatic carbocycles. The van der Waals surface area contributed by atoms with Crippen LogP contribution in [0.15, 0.2) is 54.6 Å². The van der Waals surface area contributed by atoms with Crippen LogP contribution in [-0.4, -0.2) is 12.1 Å². The number of hydrogen-bond acceptors (Lipinski definition) is 2. The van der Waals surface area contributed by atoms with Gasteiger partial charge < -0.3 is 4.74 Å². The van der Waals surface area contributed by atoms with Gasteiger partial charge in [0, 0.05) is 11.8 Å². The van der Waals surface area contributed by atoms with Crippen LogP contribution in [0.1, 0.15) is 39.7 Å². The maximum atomic E-state index is 12.3. The van der Waals surface area contributed by atoms with Gasteiger partial charge in [0.25, 0.3) is 0 Å². The average molecular weight is 276 g/mol. The van der Waals surface area contributed by atoms with Crippen LogP contribution >= 0.6 is 0 Å². The van der Waals surface area contributed by atoms with Gasteiger partial charge in [-0.25, -0.2) is 4.79 Å². The number of fused-ring (bicyclic) bond motifs is 5. The fourth-order valence-corrected chi connectivity index (χ4v) is 4.67. The van der Waals surface area contributed by atoms with E-state index in [9.17, 15) is 4.79 Å². The van der Waals surface area contributed by atoms with Crippen molar-refractivity contribution in [1.82, 2.24) is 0 Å². The first-order valence-corrected chi connectivity index (χ1v) is 7.69. The summed E-state index contributed by atoms with van der Waals surface area (Å²) in [7, 11) is 0. The van der Waals surface area contributed by atoms with E-state index in [1.807, 2.05) is 30.3 Å². The fourth-order valence-electron chi connectivity index (χ4n) is 4.67.